The van der Waals surface area contributed by atoms with Crippen molar-refractivity contribution < 1.29 is 13.7 Å². The van der Waals surface area contributed by atoms with Crippen molar-refractivity contribution in [3.63, 3.8) is 0 Å². The second-order valence-electron chi connectivity index (χ2n) is 6.51. The number of amides is 1. The van der Waals surface area contributed by atoms with Crippen LogP contribution in [0.5, 0.6) is 0 Å². The first-order valence-electron chi connectivity index (χ1n) is 9.27. The number of cyclic esters (lactones) is 1. The van der Waals surface area contributed by atoms with Crippen molar-refractivity contribution >= 4 is 33.0 Å². The quantitative estimate of drug-likeness (QED) is 0.671. The van der Waals surface area contributed by atoms with Crippen LogP contribution in [0.3, 0.4) is 0 Å². The first-order chi connectivity index (χ1) is 13.5. The van der Waals surface area contributed by atoms with E-state index in [1.165, 1.54) is 0 Å². The monoisotopic (exact) mass is 466 g/mol. The summed E-state index contributed by atoms with van der Waals surface area (Å²) in [5.41, 5.74) is 1.08. The minimum atomic E-state index is -1.02. The van der Waals surface area contributed by atoms with Crippen LogP contribution in [0.1, 0.15) is 31.4 Å². The molecule has 1 aliphatic rings. The average molecular weight is 467 g/mol. The normalized spacial score (nSPS) is 18.5. The molecule has 2 aromatic carbocycles. The van der Waals surface area contributed by atoms with Crippen LogP contribution in [0.25, 0.3) is 0 Å². The SMILES string of the molecule is CC(c1ccc(Br)cc1)N1CCC(CCNS(C)=O)OC1=O.c1ccccc1. The topological polar surface area (TPSA) is 58.6 Å². The van der Waals surface area contributed by atoms with Gasteiger partial charge in [-0.25, -0.2) is 13.7 Å². The van der Waals surface area contributed by atoms with Gasteiger partial charge in [0.05, 0.1) is 17.0 Å². The second kappa shape index (κ2) is 12.0. The first-order valence-corrected chi connectivity index (χ1v) is 11.6. The molecule has 0 aliphatic carbocycles. The molecule has 3 atom stereocenters. The number of hydrogen-bond acceptors (Lipinski definition) is 3. The Labute approximate surface area is 178 Å². The van der Waals surface area contributed by atoms with Crippen molar-refractivity contribution in [3.8, 4) is 0 Å². The van der Waals surface area contributed by atoms with Crippen molar-refractivity contribution in [2.75, 3.05) is 19.3 Å². The number of nitrogens with zero attached hydrogens (tertiary/aromatic N) is 1. The summed E-state index contributed by atoms with van der Waals surface area (Å²) >= 11 is 3.41. The minimum Gasteiger partial charge on any atom is -0.446 e. The molecule has 0 spiro atoms. The van der Waals surface area contributed by atoms with Gasteiger partial charge in [0, 0.05) is 30.2 Å². The van der Waals surface area contributed by atoms with Crippen LogP contribution in [0, 0.1) is 0 Å². The maximum Gasteiger partial charge on any atom is 0.410 e. The number of rotatable bonds is 6. The van der Waals surface area contributed by atoms with E-state index >= 15 is 0 Å². The number of halogens is 1. The predicted octanol–water partition coefficient (Wildman–Crippen LogP) is 4.68. The van der Waals surface area contributed by atoms with Crippen molar-refractivity contribution in [1.29, 1.82) is 0 Å². The van der Waals surface area contributed by atoms with Crippen LogP contribution in [-0.4, -0.2) is 40.7 Å². The van der Waals surface area contributed by atoms with Gasteiger partial charge in [0.2, 0.25) is 0 Å². The van der Waals surface area contributed by atoms with Gasteiger partial charge in [-0.15, -0.1) is 0 Å². The summed E-state index contributed by atoms with van der Waals surface area (Å²) in [6.45, 7) is 3.27. The number of ether oxygens (including phenoxy) is 1. The van der Waals surface area contributed by atoms with E-state index in [1.54, 1.807) is 11.2 Å². The predicted molar refractivity (Wildman–Crippen MR) is 117 cm³/mol. The lowest BCUT2D eigenvalue weighted by Crippen LogP contribution is -2.44. The van der Waals surface area contributed by atoms with Gasteiger partial charge < -0.3 is 9.64 Å². The third kappa shape index (κ3) is 7.73. The van der Waals surface area contributed by atoms with E-state index in [0.717, 1.165) is 16.5 Å². The molecule has 3 rings (SSSR count). The highest BCUT2D eigenvalue weighted by Gasteiger charge is 2.30. The van der Waals surface area contributed by atoms with Crippen molar-refractivity contribution in [2.24, 2.45) is 0 Å². The lowest BCUT2D eigenvalue weighted by molar-refractivity contribution is 0.0107. The van der Waals surface area contributed by atoms with Crippen LogP contribution in [0.4, 0.5) is 4.79 Å². The summed E-state index contributed by atoms with van der Waals surface area (Å²) in [4.78, 5) is 14.0. The highest BCUT2D eigenvalue weighted by atomic mass is 79.9. The summed E-state index contributed by atoms with van der Waals surface area (Å²) < 4.78 is 20.3. The third-order valence-corrected chi connectivity index (χ3v) is 5.59. The zero-order chi connectivity index (χ0) is 20.4. The van der Waals surface area contributed by atoms with Gasteiger partial charge in [0.1, 0.15) is 6.10 Å². The van der Waals surface area contributed by atoms with Gasteiger partial charge in [-0.1, -0.05) is 64.5 Å². The highest BCUT2D eigenvalue weighted by Crippen LogP contribution is 2.26. The molecule has 1 fully saturated rings. The minimum absolute atomic E-state index is 0.0113. The highest BCUT2D eigenvalue weighted by molar-refractivity contribution is 9.10. The van der Waals surface area contributed by atoms with Gasteiger partial charge in [-0.3, -0.25) is 0 Å². The zero-order valence-electron chi connectivity index (χ0n) is 16.2. The van der Waals surface area contributed by atoms with E-state index in [1.807, 2.05) is 67.6 Å². The number of nitrogens with one attached hydrogen (secondary N) is 1. The lowest BCUT2D eigenvalue weighted by Gasteiger charge is -2.35. The molecule has 0 saturated carbocycles. The van der Waals surface area contributed by atoms with Crippen molar-refractivity contribution in [3.05, 3.63) is 70.7 Å². The Morgan fingerprint density at radius 2 is 1.75 bits per heavy atom. The van der Waals surface area contributed by atoms with Crippen LogP contribution < -0.4 is 4.72 Å². The summed E-state index contributed by atoms with van der Waals surface area (Å²) in [6.07, 6.45) is 2.70. The van der Waals surface area contributed by atoms with Gasteiger partial charge >= 0.3 is 6.09 Å². The molecule has 0 bridgehead atoms. The molecule has 3 unspecified atom stereocenters. The van der Waals surface area contributed by atoms with Gasteiger partial charge in [-0.2, -0.15) is 0 Å². The summed E-state index contributed by atoms with van der Waals surface area (Å²) in [5.74, 6) is 0. The Hall–Kier alpha value is -1.70. The molecule has 7 heteroatoms. The summed E-state index contributed by atoms with van der Waals surface area (Å²) in [5, 5.41) is 0. The molecule has 1 N–H and O–H groups in total. The van der Waals surface area contributed by atoms with Crippen molar-refractivity contribution in [2.45, 2.75) is 31.9 Å². The van der Waals surface area contributed by atoms with Crippen LogP contribution >= 0.6 is 15.9 Å². The van der Waals surface area contributed by atoms with E-state index in [9.17, 15) is 9.00 Å². The Kier molecular flexibility index (Phi) is 9.67. The molecule has 28 heavy (non-hydrogen) atoms. The molecule has 1 amide bonds. The van der Waals surface area contributed by atoms with Crippen LogP contribution in [0.2, 0.25) is 0 Å². The molecular weight excluding hydrogens is 440 g/mol. The third-order valence-electron chi connectivity index (χ3n) is 4.45. The summed E-state index contributed by atoms with van der Waals surface area (Å²) in [6, 6.07) is 20.0. The standard InChI is InChI=1S/C15H21BrN2O3S.C6H6/c1-11(12-3-5-13(16)6-4-12)18-10-8-14(21-15(18)19)7-9-17-22(2)20;1-2-4-6-5-3-1/h3-6,11,14,17H,7-10H2,1-2H3;1-6H. The van der Waals surface area contributed by atoms with Crippen molar-refractivity contribution in [1.82, 2.24) is 9.62 Å². The maximum absolute atomic E-state index is 12.2. The van der Waals surface area contributed by atoms with Crippen LogP contribution in [-0.2, 0) is 15.7 Å². The zero-order valence-corrected chi connectivity index (χ0v) is 18.6. The van der Waals surface area contributed by atoms with Gasteiger partial charge in [-0.05, 0) is 31.0 Å². The molecule has 0 radical (unpaired) electrons. The Balaban J connectivity index is 0.000000397. The van der Waals surface area contributed by atoms with E-state index in [4.69, 9.17) is 4.74 Å². The fraction of sp³-hybridized carbons (Fsp3) is 0.381. The fourth-order valence-corrected chi connectivity index (χ4v) is 3.54. The van der Waals surface area contributed by atoms with E-state index in [0.29, 0.717) is 19.5 Å². The van der Waals surface area contributed by atoms with Gasteiger partial charge in [0.25, 0.3) is 0 Å². The molecule has 2 aromatic rings. The molecular formula is C21H27BrN2O3S. The Bertz CT molecular complexity index is 716. The number of carbonyl (C=O) groups excluding carboxylic acids is 1. The molecule has 1 saturated heterocycles. The number of benzene rings is 2. The van der Waals surface area contributed by atoms with E-state index < -0.39 is 11.0 Å². The average Bonchev–Trinajstić information content (AvgIpc) is 2.70. The lowest BCUT2D eigenvalue weighted by atomic mass is 10.1. The van der Waals surface area contributed by atoms with Gasteiger partial charge in [0.15, 0.2) is 0 Å². The molecule has 0 aromatic heterocycles. The number of carbonyl (C=O) groups is 1. The largest absolute Gasteiger partial charge is 0.446 e. The summed E-state index contributed by atoms with van der Waals surface area (Å²) in [7, 11) is -1.02. The molecule has 1 aliphatic heterocycles. The van der Waals surface area contributed by atoms with E-state index in [2.05, 4.69) is 20.7 Å². The Morgan fingerprint density at radius 3 is 2.25 bits per heavy atom. The molecule has 5 nitrogen and oxygen atoms in total. The molecule has 1 heterocycles. The molecule has 152 valence electrons. The smallest absolute Gasteiger partial charge is 0.410 e. The van der Waals surface area contributed by atoms with E-state index in [-0.39, 0.29) is 18.2 Å². The first kappa shape index (κ1) is 22.6. The number of hydrogen-bond donors (Lipinski definition) is 1. The second-order valence-corrected chi connectivity index (χ2v) is 8.62. The Morgan fingerprint density at radius 1 is 1.18 bits per heavy atom. The fourth-order valence-electron chi connectivity index (χ4n) is 2.87. The maximum atomic E-state index is 12.2. The van der Waals surface area contributed by atoms with Crippen LogP contribution in [0.15, 0.2) is 65.1 Å².